The lowest BCUT2D eigenvalue weighted by Gasteiger charge is -1.98. The zero-order valence-electron chi connectivity index (χ0n) is 8.36. The van der Waals surface area contributed by atoms with Gasteiger partial charge >= 0.3 is 5.97 Å². The molecule has 0 aromatic heterocycles. The molecule has 0 atom stereocenters. The average molecular weight is 257 g/mol. The summed E-state index contributed by atoms with van der Waals surface area (Å²) in [5, 5.41) is 19.0. The molecular formula is C9H7NO6S. The van der Waals surface area contributed by atoms with Crippen molar-refractivity contribution in [3.8, 4) is 0 Å². The molecule has 90 valence electrons. The highest BCUT2D eigenvalue weighted by Gasteiger charge is 2.13. The smallest absolute Gasteiger partial charge is 0.347 e. The second-order valence-electron chi connectivity index (χ2n) is 3.06. The minimum absolute atomic E-state index is 0.145. The van der Waals surface area contributed by atoms with Crippen LogP contribution in [0, 0.1) is 10.1 Å². The molecule has 0 aliphatic rings. The Morgan fingerprint density at radius 3 is 2.18 bits per heavy atom. The highest BCUT2D eigenvalue weighted by molar-refractivity contribution is 7.74. The summed E-state index contributed by atoms with van der Waals surface area (Å²) in [6.45, 7) is 0. The van der Waals surface area contributed by atoms with Crippen LogP contribution >= 0.6 is 0 Å². The second kappa shape index (κ2) is 5.21. The maximum atomic E-state index is 10.6. The molecule has 0 spiro atoms. The fourth-order valence-corrected chi connectivity index (χ4v) is 1.55. The first-order chi connectivity index (χ1) is 7.91. The third kappa shape index (κ3) is 3.38. The molecule has 1 aromatic rings. The zero-order chi connectivity index (χ0) is 13.0. The van der Waals surface area contributed by atoms with Gasteiger partial charge in [0.05, 0.1) is 4.92 Å². The van der Waals surface area contributed by atoms with Gasteiger partial charge in [0.25, 0.3) is 5.69 Å². The minimum Gasteiger partial charge on any atom is -0.477 e. The number of nitro benzene ring substituents is 1. The summed E-state index contributed by atoms with van der Waals surface area (Å²) in [6, 6.07) is 4.99. The van der Waals surface area contributed by atoms with E-state index in [0.29, 0.717) is 5.56 Å². The summed E-state index contributed by atoms with van der Waals surface area (Å²) in [5.74, 6) is -1.53. The van der Waals surface area contributed by atoms with Crippen molar-refractivity contribution in [3.63, 3.8) is 0 Å². The molecule has 0 radical (unpaired) electrons. The van der Waals surface area contributed by atoms with E-state index >= 15 is 0 Å². The van der Waals surface area contributed by atoms with Crippen molar-refractivity contribution in [2.45, 2.75) is 6.42 Å². The van der Waals surface area contributed by atoms with Gasteiger partial charge in [0.15, 0.2) is 4.86 Å². The fourth-order valence-electron chi connectivity index (χ4n) is 1.13. The highest BCUT2D eigenvalue weighted by Crippen LogP contribution is 2.12. The van der Waals surface area contributed by atoms with Gasteiger partial charge in [-0.25, -0.2) is 4.79 Å². The predicted octanol–water partition coefficient (Wildman–Crippen LogP) is 0.273. The van der Waals surface area contributed by atoms with Crippen LogP contribution < -0.4 is 0 Å². The van der Waals surface area contributed by atoms with E-state index in [9.17, 15) is 23.3 Å². The molecule has 0 bridgehead atoms. The minimum atomic E-state index is -2.81. The van der Waals surface area contributed by atoms with E-state index in [1.54, 1.807) is 0 Å². The van der Waals surface area contributed by atoms with Crippen LogP contribution in [-0.2, 0) is 21.5 Å². The van der Waals surface area contributed by atoms with E-state index in [1.807, 2.05) is 0 Å². The summed E-state index contributed by atoms with van der Waals surface area (Å²) >= 11 is 0. The highest BCUT2D eigenvalue weighted by atomic mass is 32.2. The first kappa shape index (κ1) is 12.8. The van der Waals surface area contributed by atoms with Gasteiger partial charge in [0, 0.05) is 18.6 Å². The zero-order valence-corrected chi connectivity index (χ0v) is 9.18. The molecule has 0 aliphatic heterocycles. The van der Waals surface area contributed by atoms with Gasteiger partial charge < -0.3 is 5.11 Å². The van der Waals surface area contributed by atoms with Gasteiger partial charge in [0.1, 0.15) is 0 Å². The average Bonchev–Trinajstić information content (AvgIpc) is 2.25. The number of benzene rings is 1. The summed E-state index contributed by atoms with van der Waals surface area (Å²) in [6.07, 6.45) is -0.302. The normalized spacial score (nSPS) is 9.65. The Balaban J connectivity index is 3.01. The van der Waals surface area contributed by atoms with Crippen LogP contribution in [0.2, 0.25) is 0 Å². The quantitative estimate of drug-likeness (QED) is 0.470. The standard InChI is InChI=1S/C9H7NO6S/c11-9(12)8(17(15)16)5-6-1-3-7(4-2-6)10(13)14/h1-4H,5H2,(H,11,12). The number of hydrogen-bond acceptors (Lipinski definition) is 5. The molecule has 0 aliphatic carbocycles. The van der Waals surface area contributed by atoms with Crippen LogP contribution in [0.1, 0.15) is 5.56 Å². The number of carboxylic acid groups (broad SMARTS) is 1. The molecule has 17 heavy (non-hydrogen) atoms. The lowest BCUT2D eigenvalue weighted by Crippen LogP contribution is -2.16. The molecule has 8 heteroatoms. The molecular weight excluding hydrogens is 250 g/mol. The van der Waals surface area contributed by atoms with Gasteiger partial charge in [-0.05, 0) is 5.56 Å². The first-order valence-electron chi connectivity index (χ1n) is 4.33. The Kier molecular flexibility index (Phi) is 3.94. The Morgan fingerprint density at radius 1 is 1.29 bits per heavy atom. The van der Waals surface area contributed by atoms with E-state index in [4.69, 9.17) is 5.11 Å². The van der Waals surface area contributed by atoms with Gasteiger partial charge in [-0.15, -0.1) is 0 Å². The van der Waals surface area contributed by atoms with Crippen molar-refractivity contribution in [1.82, 2.24) is 0 Å². The van der Waals surface area contributed by atoms with Crippen LogP contribution in [0.4, 0.5) is 5.69 Å². The number of hydrogen-bond donors (Lipinski definition) is 1. The Labute approximate surface area is 97.0 Å². The number of carboxylic acids is 1. The van der Waals surface area contributed by atoms with Crippen molar-refractivity contribution >= 4 is 26.8 Å². The monoisotopic (exact) mass is 257 g/mol. The van der Waals surface area contributed by atoms with Crippen molar-refractivity contribution in [2.75, 3.05) is 0 Å². The molecule has 0 fully saturated rings. The van der Waals surface area contributed by atoms with E-state index in [0.717, 1.165) is 0 Å². The Morgan fingerprint density at radius 2 is 1.82 bits per heavy atom. The first-order valence-corrected chi connectivity index (χ1v) is 5.41. The molecule has 0 amide bonds. The number of nitrogens with zero attached hydrogens (tertiary/aromatic N) is 1. The Bertz CT molecular complexity index is 578. The van der Waals surface area contributed by atoms with Crippen molar-refractivity contribution in [3.05, 3.63) is 39.9 Å². The second-order valence-corrected chi connectivity index (χ2v) is 4.03. The van der Waals surface area contributed by atoms with Crippen LogP contribution in [0.3, 0.4) is 0 Å². The van der Waals surface area contributed by atoms with Crippen LogP contribution in [0.25, 0.3) is 0 Å². The third-order valence-corrected chi connectivity index (χ3v) is 2.67. The van der Waals surface area contributed by atoms with E-state index < -0.39 is 26.1 Å². The maximum absolute atomic E-state index is 10.6. The number of rotatable bonds is 4. The van der Waals surface area contributed by atoms with Gasteiger partial charge in [-0.3, -0.25) is 10.1 Å². The molecule has 0 heterocycles. The largest absolute Gasteiger partial charge is 0.477 e. The molecule has 7 nitrogen and oxygen atoms in total. The lowest BCUT2D eigenvalue weighted by molar-refractivity contribution is -0.384. The van der Waals surface area contributed by atoms with E-state index in [-0.39, 0.29) is 12.1 Å². The Hall–Kier alpha value is -2.22. The van der Waals surface area contributed by atoms with E-state index in [1.165, 1.54) is 24.3 Å². The van der Waals surface area contributed by atoms with Crippen molar-refractivity contribution < 1.29 is 23.2 Å². The van der Waals surface area contributed by atoms with Crippen LogP contribution in [0.15, 0.2) is 24.3 Å². The molecule has 1 N–H and O–H groups in total. The number of aliphatic carboxylic acids is 1. The molecule has 0 saturated carbocycles. The summed E-state index contributed by atoms with van der Waals surface area (Å²) in [7, 11) is -2.81. The molecule has 0 saturated heterocycles. The topological polar surface area (TPSA) is 115 Å². The maximum Gasteiger partial charge on any atom is 0.347 e. The van der Waals surface area contributed by atoms with Crippen LogP contribution in [-0.4, -0.2) is 29.3 Å². The summed E-state index contributed by atoms with van der Waals surface area (Å²) in [4.78, 5) is 19.7. The lowest BCUT2D eigenvalue weighted by atomic mass is 10.1. The fraction of sp³-hybridized carbons (Fsp3) is 0.111. The summed E-state index contributed by atoms with van der Waals surface area (Å²) in [5.41, 5.74) is 0.228. The molecule has 1 aromatic carbocycles. The SMILES string of the molecule is O=C(O)C(Cc1ccc([N+](=O)[O-])cc1)=S(=O)=O. The number of carbonyl (C=O) groups is 1. The summed E-state index contributed by atoms with van der Waals surface area (Å²) < 4.78 is 21.2. The van der Waals surface area contributed by atoms with Crippen molar-refractivity contribution in [1.29, 1.82) is 0 Å². The predicted molar refractivity (Wildman–Crippen MR) is 58.4 cm³/mol. The van der Waals surface area contributed by atoms with Gasteiger partial charge in [0.2, 0.25) is 10.3 Å². The third-order valence-electron chi connectivity index (χ3n) is 1.95. The molecule has 0 unspecified atom stereocenters. The molecule has 1 rings (SSSR count). The van der Waals surface area contributed by atoms with Crippen LogP contribution in [0.5, 0.6) is 0 Å². The van der Waals surface area contributed by atoms with Gasteiger partial charge in [-0.2, -0.15) is 8.42 Å². The number of nitro groups is 1. The van der Waals surface area contributed by atoms with E-state index in [2.05, 4.69) is 0 Å². The number of non-ortho nitro benzene ring substituents is 1. The van der Waals surface area contributed by atoms with Crippen molar-refractivity contribution in [2.24, 2.45) is 0 Å². The van der Waals surface area contributed by atoms with Gasteiger partial charge in [-0.1, -0.05) is 12.1 Å².